The van der Waals surface area contributed by atoms with Crippen LogP contribution in [0.15, 0.2) is 45.3 Å². The number of carbonyl (C=O) groups excluding carboxylic acids is 2. The number of aryl methyl sites for hydroxylation is 1. The van der Waals surface area contributed by atoms with Crippen molar-refractivity contribution in [1.29, 1.82) is 0 Å². The Labute approximate surface area is 161 Å². The van der Waals surface area contributed by atoms with E-state index in [1.807, 2.05) is 38.1 Å². The van der Waals surface area contributed by atoms with Crippen LogP contribution in [-0.4, -0.2) is 53.8 Å². The molecule has 2 heterocycles. The lowest BCUT2D eigenvalue weighted by Gasteiger charge is -2.37. The molecule has 6 nitrogen and oxygen atoms in total. The molecule has 3 rings (SSSR count). The molecule has 1 saturated heterocycles. The fourth-order valence-corrected chi connectivity index (χ4v) is 3.40. The third-order valence-electron chi connectivity index (χ3n) is 4.57. The summed E-state index contributed by atoms with van der Waals surface area (Å²) in [5.74, 6) is 0.953. The Hall–Kier alpha value is -2.12. The highest BCUT2D eigenvalue weighted by atomic mass is 79.9. The van der Waals surface area contributed by atoms with Gasteiger partial charge in [-0.3, -0.25) is 14.5 Å². The van der Waals surface area contributed by atoms with Crippen LogP contribution in [-0.2, 0) is 4.79 Å². The summed E-state index contributed by atoms with van der Waals surface area (Å²) < 4.78 is 6.33. The van der Waals surface area contributed by atoms with E-state index in [4.69, 9.17) is 4.42 Å². The topological polar surface area (TPSA) is 65.8 Å². The van der Waals surface area contributed by atoms with Crippen LogP contribution in [0.2, 0.25) is 0 Å². The van der Waals surface area contributed by atoms with Crippen molar-refractivity contribution in [2.75, 3.05) is 31.5 Å². The normalized spacial score (nSPS) is 16.3. The van der Waals surface area contributed by atoms with Crippen molar-refractivity contribution in [1.82, 2.24) is 9.80 Å². The first kappa shape index (κ1) is 18.7. The van der Waals surface area contributed by atoms with Crippen molar-refractivity contribution < 1.29 is 14.0 Å². The molecule has 26 heavy (non-hydrogen) atoms. The molecule has 2 amide bonds. The molecule has 0 aliphatic carbocycles. The number of benzene rings is 1. The third kappa shape index (κ3) is 4.34. The number of nitrogens with zero attached hydrogens (tertiary/aromatic N) is 2. The van der Waals surface area contributed by atoms with Gasteiger partial charge in [0.05, 0.1) is 6.04 Å². The monoisotopic (exact) mass is 419 g/mol. The van der Waals surface area contributed by atoms with E-state index in [1.165, 1.54) is 0 Å². The highest BCUT2D eigenvalue weighted by Gasteiger charge is 2.28. The van der Waals surface area contributed by atoms with Gasteiger partial charge in [0.25, 0.3) is 5.91 Å². The predicted molar refractivity (Wildman–Crippen MR) is 103 cm³/mol. The van der Waals surface area contributed by atoms with Gasteiger partial charge in [0.15, 0.2) is 5.76 Å². The molecule has 7 heteroatoms. The van der Waals surface area contributed by atoms with Crippen LogP contribution in [0.5, 0.6) is 0 Å². The molecule has 1 aromatic carbocycles. The van der Waals surface area contributed by atoms with Gasteiger partial charge in [0.2, 0.25) is 5.91 Å². The molecule has 0 saturated carbocycles. The van der Waals surface area contributed by atoms with E-state index in [0.29, 0.717) is 31.9 Å². The minimum absolute atomic E-state index is 0.0514. The van der Waals surface area contributed by atoms with E-state index < -0.39 is 0 Å². The zero-order valence-corrected chi connectivity index (χ0v) is 16.5. The standard InChI is InChI=1S/C19H22BrN3O3/c1-13-6-7-17(26-13)19(25)23-10-8-22(9-11-23)14(2)18(24)21-16-5-3-4-15(20)12-16/h3-7,12,14H,8-11H2,1-2H3,(H,21,24). The molecule has 0 radical (unpaired) electrons. The third-order valence-corrected chi connectivity index (χ3v) is 5.07. The van der Waals surface area contributed by atoms with Crippen molar-refractivity contribution in [3.8, 4) is 0 Å². The second-order valence-electron chi connectivity index (χ2n) is 6.41. The van der Waals surface area contributed by atoms with Gasteiger partial charge in [0.1, 0.15) is 5.76 Å². The van der Waals surface area contributed by atoms with Crippen molar-refractivity contribution in [2.45, 2.75) is 19.9 Å². The number of hydrogen-bond donors (Lipinski definition) is 1. The highest BCUT2D eigenvalue weighted by molar-refractivity contribution is 9.10. The van der Waals surface area contributed by atoms with Crippen molar-refractivity contribution >= 4 is 33.4 Å². The summed E-state index contributed by atoms with van der Waals surface area (Å²) in [5, 5.41) is 2.94. The maximum Gasteiger partial charge on any atom is 0.289 e. The Kier molecular flexibility index (Phi) is 5.78. The number of rotatable bonds is 4. The zero-order chi connectivity index (χ0) is 18.7. The maximum atomic E-state index is 12.5. The average Bonchev–Trinajstić information content (AvgIpc) is 3.07. The minimum atomic E-state index is -0.267. The predicted octanol–water partition coefficient (Wildman–Crippen LogP) is 3.14. The van der Waals surface area contributed by atoms with Crippen LogP contribution in [0.25, 0.3) is 0 Å². The summed E-state index contributed by atoms with van der Waals surface area (Å²) in [5.41, 5.74) is 0.762. The van der Waals surface area contributed by atoms with Gasteiger partial charge in [-0.25, -0.2) is 0 Å². The molecule has 1 atom stereocenters. The second kappa shape index (κ2) is 8.05. The van der Waals surface area contributed by atoms with Gasteiger partial charge in [-0.15, -0.1) is 0 Å². The first-order valence-electron chi connectivity index (χ1n) is 8.60. The molecule has 2 aromatic rings. The summed E-state index contributed by atoms with van der Waals surface area (Å²) in [6, 6.07) is 10.7. The van der Waals surface area contributed by atoms with Gasteiger partial charge >= 0.3 is 0 Å². The fourth-order valence-electron chi connectivity index (χ4n) is 3.00. The van der Waals surface area contributed by atoms with Crippen molar-refractivity contribution in [2.24, 2.45) is 0 Å². The number of piperazine rings is 1. The lowest BCUT2D eigenvalue weighted by Crippen LogP contribution is -2.54. The van der Waals surface area contributed by atoms with Gasteiger partial charge in [-0.1, -0.05) is 22.0 Å². The molecular weight excluding hydrogens is 398 g/mol. The molecule has 138 valence electrons. The summed E-state index contributed by atoms with van der Waals surface area (Å²) in [6.45, 7) is 6.16. The van der Waals surface area contributed by atoms with E-state index in [-0.39, 0.29) is 17.9 Å². The molecule has 1 unspecified atom stereocenters. The van der Waals surface area contributed by atoms with Gasteiger partial charge in [0, 0.05) is 36.3 Å². The number of anilines is 1. The minimum Gasteiger partial charge on any atom is -0.456 e. The van der Waals surface area contributed by atoms with E-state index in [2.05, 4.69) is 26.1 Å². The van der Waals surface area contributed by atoms with Crippen LogP contribution >= 0.6 is 15.9 Å². The quantitative estimate of drug-likeness (QED) is 0.826. The smallest absolute Gasteiger partial charge is 0.289 e. The molecule has 1 N–H and O–H groups in total. The van der Waals surface area contributed by atoms with Crippen molar-refractivity contribution in [3.05, 3.63) is 52.4 Å². The highest BCUT2D eigenvalue weighted by Crippen LogP contribution is 2.17. The SMILES string of the molecule is Cc1ccc(C(=O)N2CCN(C(C)C(=O)Nc3cccc(Br)c3)CC2)o1. The molecule has 1 fully saturated rings. The Balaban J connectivity index is 1.53. The summed E-state index contributed by atoms with van der Waals surface area (Å²) in [7, 11) is 0. The largest absolute Gasteiger partial charge is 0.456 e. The number of halogens is 1. The Bertz CT molecular complexity index is 797. The molecule has 1 aliphatic heterocycles. The van der Waals surface area contributed by atoms with Crippen molar-refractivity contribution in [3.63, 3.8) is 0 Å². The maximum absolute atomic E-state index is 12.5. The summed E-state index contributed by atoms with van der Waals surface area (Å²) in [4.78, 5) is 28.8. The lowest BCUT2D eigenvalue weighted by atomic mass is 10.2. The van der Waals surface area contributed by atoms with E-state index in [0.717, 1.165) is 15.9 Å². The van der Waals surface area contributed by atoms with Gasteiger partial charge in [-0.05, 0) is 44.2 Å². The molecule has 1 aromatic heterocycles. The number of furan rings is 1. The molecular formula is C19H22BrN3O3. The zero-order valence-electron chi connectivity index (χ0n) is 14.9. The van der Waals surface area contributed by atoms with Gasteiger partial charge < -0.3 is 14.6 Å². The van der Waals surface area contributed by atoms with E-state index >= 15 is 0 Å². The van der Waals surface area contributed by atoms with Crippen LogP contribution in [0.4, 0.5) is 5.69 Å². The molecule has 1 aliphatic rings. The Morgan fingerprint density at radius 1 is 1.15 bits per heavy atom. The Morgan fingerprint density at radius 3 is 2.50 bits per heavy atom. The first-order valence-corrected chi connectivity index (χ1v) is 9.39. The van der Waals surface area contributed by atoms with Crippen LogP contribution < -0.4 is 5.32 Å². The number of hydrogen-bond acceptors (Lipinski definition) is 4. The summed E-state index contributed by atoms with van der Waals surface area (Å²) >= 11 is 3.40. The fraction of sp³-hybridized carbons (Fsp3) is 0.368. The van der Waals surface area contributed by atoms with E-state index in [1.54, 1.807) is 17.0 Å². The van der Waals surface area contributed by atoms with Crippen LogP contribution in [0.1, 0.15) is 23.2 Å². The Morgan fingerprint density at radius 2 is 1.88 bits per heavy atom. The summed E-state index contributed by atoms with van der Waals surface area (Å²) in [6.07, 6.45) is 0. The lowest BCUT2D eigenvalue weighted by molar-refractivity contribution is -0.121. The number of carbonyl (C=O) groups is 2. The number of amides is 2. The van der Waals surface area contributed by atoms with Gasteiger partial charge in [-0.2, -0.15) is 0 Å². The van der Waals surface area contributed by atoms with Crippen LogP contribution in [0.3, 0.4) is 0 Å². The van der Waals surface area contributed by atoms with E-state index in [9.17, 15) is 9.59 Å². The first-order chi connectivity index (χ1) is 12.4. The van der Waals surface area contributed by atoms with Crippen LogP contribution in [0, 0.1) is 6.92 Å². The second-order valence-corrected chi connectivity index (χ2v) is 7.33. The number of nitrogens with one attached hydrogen (secondary N) is 1. The molecule has 0 spiro atoms. The average molecular weight is 420 g/mol. The molecule has 0 bridgehead atoms.